The second-order valence-electron chi connectivity index (χ2n) is 8.71. The van der Waals surface area contributed by atoms with Gasteiger partial charge in [-0.3, -0.25) is 19.7 Å². The van der Waals surface area contributed by atoms with Gasteiger partial charge in [0.1, 0.15) is 6.07 Å². The van der Waals surface area contributed by atoms with Crippen molar-refractivity contribution in [2.45, 2.75) is 44.4 Å². The minimum absolute atomic E-state index is 0.193. The molecule has 2 aliphatic rings. The monoisotopic (exact) mass is 439 g/mol. The molecule has 0 spiro atoms. The highest BCUT2D eigenvalue weighted by Gasteiger charge is 2.25. The van der Waals surface area contributed by atoms with Crippen LogP contribution < -0.4 is 5.32 Å². The molecule has 1 aliphatic carbocycles. The Kier molecular flexibility index (Phi) is 5.84. The second-order valence-corrected chi connectivity index (χ2v) is 8.71. The maximum absolute atomic E-state index is 12.8. The van der Waals surface area contributed by atoms with Gasteiger partial charge in [-0.2, -0.15) is 5.26 Å². The van der Waals surface area contributed by atoms with E-state index in [0.29, 0.717) is 35.9 Å². The van der Waals surface area contributed by atoms with E-state index in [4.69, 9.17) is 4.74 Å². The molecule has 3 aromatic heterocycles. The molecule has 0 aromatic carbocycles. The lowest BCUT2D eigenvalue weighted by molar-refractivity contribution is 0.0844. The van der Waals surface area contributed by atoms with Crippen molar-refractivity contribution < 1.29 is 9.53 Å². The first-order valence-corrected chi connectivity index (χ1v) is 11.3. The number of anilines is 1. The number of aryl methyl sites for hydroxylation is 1. The normalized spacial score (nSPS) is 16.2. The van der Waals surface area contributed by atoms with Gasteiger partial charge in [-0.15, -0.1) is 0 Å². The third-order valence-corrected chi connectivity index (χ3v) is 6.34. The number of hydrogen-bond donors (Lipinski definition) is 1. The smallest absolute Gasteiger partial charge is 0.255 e. The summed E-state index contributed by atoms with van der Waals surface area (Å²) in [5.74, 6) is 0.533. The van der Waals surface area contributed by atoms with Crippen LogP contribution in [-0.4, -0.2) is 34.1 Å². The summed E-state index contributed by atoms with van der Waals surface area (Å²) in [5.41, 5.74) is 6.02. The predicted octanol–water partition coefficient (Wildman–Crippen LogP) is 4.74. The minimum Gasteiger partial charge on any atom is -0.381 e. The van der Waals surface area contributed by atoms with Gasteiger partial charge in [0.2, 0.25) is 0 Å². The van der Waals surface area contributed by atoms with Gasteiger partial charge in [0.05, 0.1) is 23.1 Å². The number of pyridine rings is 3. The molecule has 7 heteroatoms. The van der Waals surface area contributed by atoms with Crippen LogP contribution in [0.4, 0.5) is 5.69 Å². The lowest BCUT2D eigenvalue weighted by Crippen LogP contribution is -2.16. The highest BCUT2D eigenvalue weighted by atomic mass is 16.5. The lowest BCUT2D eigenvalue weighted by Gasteiger charge is -2.22. The van der Waals surface area contributed by atoms with Crippen molar-refractivity contribution in [3.8, 4) is 17.2 Å². The number of nitrogens with one attached hydrogen (secondary N) is 1. The number of carbonyl (C=O) groups excluding carboxylic acids is 1. The Morgan fingerprint density at radius 1 is 1.06 bits per heavy atom. The summed E-state index contributed by atoms with van der Waals surface area (Å²) in [6.07, 6.45) is 9.16. The van der Waals surface area contributed by atoms with Crippen LogP contribution in [0.15, 0.2) is 42.9 Å². The Morgan fingerprint density at radius 3 is 2.64 bits per heavy atom. The van der Waals surface area contributed by atoms with Crippen LogP contribution in [0.25, 0.3) is 11.1 Å². The molecule has 5 rings (SSSR count). The van der Waals surface area contributed by atoms with Crippen molar-refractivity contribution in [3.63, 3.8) is 0 Å². The number of aromatic nitrogens is 3. The number of rotatable bonds is 5. The van der Waals surface area contributed by atoms with Gasteiger partial charge < -0.3 is 10.1 Å². The van der Waals surface area contributed by atoms with Gasteiger partial charge in [0.15, 0.2) is 0 Å². The van der Waals surface area contributed by atoms with Gasteiger partial charge in [-0.05, 0) is 56.9 Å². The lowest BCUT2D eigenvalue weighted by atomic mass is 9.91. The van der Waals surface area contributed by atoms with Gasteiger partial charge >= 0.3 is 0 Å². The molecule has 1 saturated heterocycles. The number of hydrogen-bond acceptors (Lipinski definition) is 6. The van der Waals surface area contributed by atoms with Crippen LogP contribution in [0.5, 0.6) is 0 Å². The molecule has 1 amide bonds. The summed E-state index contributed by atoms with van der Waals surface area (Å²) in [7, 11) is 0. The Balaban J connectivity index is 1.40. The minimum atomic E-state index is -0.193. The largest absolute Gasteiger partial charge is 0.381 e. The van der Waals surface area contributed by atoms with E-state index in [0.717, 1.165) is 53.9 Å². The summed E-state index contributed by atoms with van der Waals surface area (Å²) >= 11 is 0. The van der Waals surface area contributed by atoms with Gasteiger partial charge in [0.25, 0.3) is 5.91 Å². The van der Waals surface area contributed by atoms with E-state index in [-0.39, 0.29) is 11.8 Å². The van der Waals surface area contributed by atoms with Crippen molar-refractivity contribution in [2.75, 3.05) is 18.5 Å². The van der Waals surface area contributed by atoms with Crippen LogP contribution in [0.2, 0.25) is 0 Å². The van der Waals surface area contributed by atoms with Crippen LogP contribution in [0, 0.1) is 18.3 Å². The SMILES string of the molecule is Cc1ncc(NC(=O)c2ccnc(C3CC3)c2)cc1-c1cnc(C2CCOCC2)c(C#N)c1. The molecular weight excluding hydrogens is 414 g/mol. The molecule has 2 fully saturated rings. The van der Waals surface area contributed by atoms with E-state index < -0.39 is 0 Å². The Hall–Kier alpha value is -3.63. The zero-order valence-corrected chi connectivity index (χ0v) is 18.5. The standard InChI is InChI=1S/C26H25N5O2/c1-16-23(21-10-20(13-27)25(30-14-21)18-5-8-33-9-6-18)12-22(15-29-16)31-26(32)19-4-7-28-24(11-19)17-2-3-17/h4,7,10-12,14-15,17-18H,2-3,5-6,8-9H2,1H3,(H,31,32). The molecule has 1 N–H and O–H groups in total. The van der Waals surface area contributed by atoms with Crippen molar-refractivity contribution >= 4 is 11.6 Å². The molecule has 1 saturated carbocycles. The Bertz CT molecular complexity index is 1240. The van der Waals surface area contributed by atoms with E-state index >= 15 is 0 Å². The first-order chi connectivity index (χ1) is 16.1. The van der Waals surface area contributed by atoms with Gasteiger partial charge in [-0.25, -0.2) is 0 Å². The zero-order chi connectivity index (χ0) is 22.8. The van der Waals surface area contributed by atoms with E-state index in [1.54, 1.807) is 24.7 Å². The van der Waals surface area contributed by atoms with Crippen molar-refractivity contribution in [1.82, 2.24) is 15.0 Å². The predicted molar refractivity (Wildman–Crippen MR) is 124 cm³/mol. The number of nitriles is 1. The van der Waals surface area contributed by atoms with E-state index in [2.05, 4.69) is 26.3 Å². The molecule has 0 unspecified atom stereocenters. The number of nitrogens with zero attached hydrogens (tertiary/aromatic N) is 4. The number of carbonyl (C=O) groups is 1. The van der Waals surface area contributed by atoms with Gasteiger partial charge in [-0.1, -0.05) is 0 Å². The molecule has 0 atom stereocenters. The van der Waals surface area contributed by atoms with Crippen LogP contribution >= 0.6 is 0 Å². The number of ether oxygens (including phenoxy) is 1. The molecule has 166 valence electrons. The second kappa shape index (κ2) is 9.08. The highest BCUT2D eigenvalue weighted by molar-refractivity contribution is 6.04. The molecule has 0 radical (unpaired) electrons. The molecule has 33 heavy (non-hydrogen) atoms. The molecule has 0 bridgehead atoms. The third kappa shape index (κ3) is 4.62. The Morgan fingerprint density at radius 2 is 1.88 bits per heavy atom. The van der Waals surface area contributed by atoms with Crippen molar-refractivity contribution in [3.05, 3.63) is 71.1 Å². The summed E-state index contributed by atoms with van der Waals surface area (Å²) in [4.78, 5) is 26.3. The highest BCUT2D eigenvalue weighted by Crippen LogP contribution is 2.39. The molecule has 4 heterocycles. The number of amides is 1. The topological polar surface area (TPSA) is 101 Å². The molecule has 1 aliphatic heterocycles. The molecular formula is C26H25N5O2. The van der Waals surface area contributed by atoms with E-state index in [1.165, 1.54) is 0 Å². The molecule has 3 aromatic rings. The summed E-state index contributed by atoms with van der Waals surface area (Å²) in [5, 5.41) is 12.7. The summed E-state index contributed by atoms with van der Waals surface area (Å²) in [6, 6.07) is 9.66. The maximum Gasteiger partial charge on any atom is 0.255 e. The van der Waals surface area contributed by atoms with E-state index in [9.17, 15) is 10.1 Å². The fraction of sp³-hybridized carbons (Fsp3) is 0.346. The average molecular weight is 440 g/mol. The van der Waals surface area contributed by atoms with Crippen LogP contribution in [0.1, 0.15) is 70.5 Å². The van der Waals surface area contributed by atoms with Gasteiger partial charge in [0, 0.05) is 65.5 Å². The summed E-state index contributed by atoms with van der Waals surface area (Å²) < 4.78 is 5.44. The summed E-state index contributed by atoms with van der Waals surface area (Å²) in [6.45, 7) is 3.30. The maximum atomic E-state index is 12.8. The van der Waals surface area contributed by atoms with Crippen molar-refractivity contribution in [2.24, 2.45) is 0 Å². The van der Waals surface area contributed by atoms with Crippen LogP contribution in [-0.2, 0) is 4.74 Å². The van der Waals surface area contributed by atoms with Crippen LogP contribution in [0.3, 0.4) is 0 Å². The first kappa shape index (κ1) is 21.2. The van der Waals surface area contributed by atoms with Crippen molar-refractivity contribution in [1.29, 1.82) is 5.26 Å². The first-order valence-electron chi connectivity index (χ1n) is 11.3. The average Bonchev–Trinajstić information content (AvgIpc) is 3.71. The third-order valence-electron chi connectivity index (χ3n) is 6.34. The quantitative estimate of drug-likeness (QED) is 0.616. The molecule has 7 nitrogen and oxygen atoms in total. The fourth-order valence-corrected chi connectivity index (χ4v) is 4.30. The fourth-order valence-electron chi connectivity index (χ4n) is 4.30. The zero-order valence-electron chi connectivity index (χ0n) is 18.5. The van der Waals surface area contributed by atoms with E-state index in [1.807, 2.05) is 25.1 Å². The Labute approximate surface area is 192 Å².